The van der Waals surface area contributed by atoms with Crippen LogP contribution in [0.25, 0.3) is 0 Å². The first kappa shape index (κ1) is 20.4. The largest absolute Gasteiger partial charge is 1.00 e. The van der Waals surface area contributed by atoms with E-state index in [0.29, 0.717) is 13.2 Å². The van der Waals surface area contributed by atoms with E-state index in [1.165, 1.54) is 5.69 Å². The second kappa shape index (κ2) is 10.3. The number of nitrogens with zero attached hydrogens (tertiary/aromatic N) is 2. The lowest BCUT2D eigenvalue weighted by atomic mass is 10.2. The summed E-state index contributed by atoms with van der Waals surface area (Å²) in [5.74, 6) is 1.54. The van der Waals surface area contributed by atoms with E-state index in [1.807, 2.05) is 30.3 Å². The summed E-state index contributed by atoms with van der Waals surface area (Å²) in [6, 6.07) is 17.9. The van der Waals surface area contributed by atoms with Gasteiger partial charge in [-0.2, -0.15) is 0 Å². The van der Waals surface area contributed by atoms with Crippen molar-refractivity contribution in [2.24, 2.45) is 0 Å². The van der Waals surface area contributed by atoms with Gasteiger partial charge in [-0.15, -0.1) is 0 Å². The summed E-state index contributed by atoms with van der Waals surface area (Å²) in [5.41, 5.74) is 1.27. The molecule has 1 saturated heterocycles. The van der Waals surface area contributed by atoms with Crippen LogP contribution in [0.2, 0.25) is 0 Å². The van der Waals surface area contributed by atoms with E-state index < -0.39 is 6.10 Å². The Balaban J connectivity index is 0.00000243. The van der Waals surface area contributed by atoms with Gasteiger partial charge in [0.2, 0.25) is 0 Å². The molecular weight excluding hydrogens is 352 g/mol. The quantitative estimate of drug-likeness (QED) is 0.688. The van der Waals surface area contributed by atoms with E-state index in [0.717, 1.165) is 37.7 Å². The lowest BCUT2D eigenvalue weighted by molar-refractivity contribution is -0.00000764. The normalized spacial score (nSPS) is 15.8. The zero-order chi connectivity index (χ0) is 17.5. The number of benzene rings is 2. The number of methoxy groups -OCH3 is 1. The Kier molecular flexibility index (Phi) is 8.04. The highest BCUT2D eigenvalue weighted by atomic mass is 35.5. The van der Waals surface area contributed by atoms with E-state index in [-0.39, 0.29) is 12.4 Å². The Morgan fingerprint density at radius 1 is 0.923 bits per heavy atom. The van der Waals surface area contributed by atoms with Crippen LogP contribution in [0.5, 0.6) is 11.5 Å². The second-order valence-corrected chi connectivity index (χ2v) is 6.26. The highest BCUT2D eigenvalue weighted by molar-refractivity contribution is 5.46. The maximum absolute atomic E-state index is 10.2. The predicted molar refractivity (Wildman–Crippen MR) is 99.6 cm³/mol. The lowest BCUT2D eigenvalue weighted by Gasteiger charge is -2.36. The molecule has 1 aliphatic heterocycles. The van der Waals surface area contributed by atoms with E-state index in [2.05, 4.69) is 34.1 Å². The zero-order valence-corrected chi connectivity index (χ0v) is 15.8. The van der Waals surface area contributed by atoms with E-state index in [9.17, 15) is 5.11 Å². The van der Waals surface area contributed by atoms with Crippen LogP contribution in [0, 0.1) is 0 Å². The highest BCUT2D eigenvalue weighted by Gasteiger charge is 2.19. The van der Waals surface area contributed by atoms with Crippen molar-refractivity contribution in [1.82, 2.24) is 4.90 Å². The molecule has 0 bridgehead atoms. The standard InChI is InChI=1S/C20H26N2O3.ClH/c1-24-19-7-9-20(10-8-19)25-16-18(23)15-21-11-13-22(14-12-21)17-5-3-2-4-6-17;/h2-10,18,23H,11-16H2,1H3;1H/p-1. The number of hydrogen-bond acceptors (Lipinski definition) is 5. The van der Waals surface area contributed by atoms with Gasteiger partial charge in [0, 0.05) is 38.4 Å². The molecule has 1 atom stereocenters. The van der Waals surface area contributed by atoms with Crippen molar-refractivity contribution in [1.29, 1.82) is 0 Å². The van der Waals surface area contributed by atoms with E-state index >= 15 is 0 Å². The molecule has 3 rings (SSSR count). The third kappa shape index (κ3) is 5.80. The fourth-order valence-electron chi connectivity index (χ4n) is 3.04. The van der Waals surface area contributed by atoms with Gasteiger partial charge in [-0.05, 0) is 36.4 Å². The molecule has 1 N–H and O–H groups in total. The molecule has 142 valence electrons. The number of piperazine rings is 1. The number of aliphatic hydroxyl groups excluding tert-OH is 1. The molecule has 0 aliphatic carbocycles. The van der Waals surface area contributed by atoms with Gasteiger partial charge in [0.1, 0.15) is 24.2 Å². The highest BCUT2D eigenvalue weighted by Crippen LogP contribution is 2.18. The summed E-state index contributed by atoms with van der Waals surface area (Å²) in [6.07, 6.45) is -0.495. The summed E-state index contributed by atoms with van der Waals surface area (Å²) < 4.78 is 10.8. The van der Waals surface area contributed by atoms with Crippen LogP contribution in [0.3, 0.4) is 0 Å². The van der Waals surface area contributed by atoms with Crippen molar-refractivity contribution in [3.05, 3.63) is 54.6 Å². The van der Waals surface area contributed by atoms with E-state index in [1.54, 1.807) is 7.11 Å². The third-order valence-corrected chi connectivity index (χ3v) is 4.46. The molecule has 2 aromatic carbocycles. The summed E-state index contributed by atoms with van der Waals surface area (Å²) in [5, 5.41) is 10.2. The van der Waals surface area contributed by atoms with Gasteiger partial charge in [0.25, 0.3) is 0 Å². The first-order valence-electron chi connectivity index (χ1n) is 8.72. The number of aliphatic hydroxyl groups is 1. The molecule has 1 fully saturated rings. The number of rotatable bonds is 7. The van der Waals surface area contributed by atoms with Crippen molar-refractivity contribution in [2.75, 3.05) is 51.3 Å². The second-order valence-electron chi connectivity index (χ2n) is 6.26. The van der Waals surface area contributed by atoms with Gasteiger partial charge in [-0.3, -0.25) is 4.90 Å². The molecule has 0 saturated carbocycles. The van der Waals surface area contributed by atoms with Crippen molar-refractivity contribution in [3.8, 4) is 11.5 Å². The maximum Gasteiger partial charge on any atom is 0.119 e. The number of β-amino-alcohol motifs (C(OH)–C–C–N with tert-alkyl or cyclic N) is 1. The molecule has 0 spiro atoms. The Hall–Kier alpha value is -1.95. The van der Waals surface area contributed by atoms with Gasteiger partial charge >= 0.3 is 0 Å². The van der Waals surface area contributed by atoms with Crippen LogP contribution >= 0.6 is 0 Å². The van der Waals surface area contributed by atoms with Crippen LogP contribution in [-0.4, -0.2) is 62.6 Å². The first-order valence-corrected chi connectivity index (χ1v) is 8.72. The molecular formula is C20H26ClN2O3-. The van der Waals surface area contributed by atoms with Crippen molar-refractivity contribution in [3.63, 3.8) is 0 Å². The lowest BCUT2D eigenvalue weighted by Crippen LogP contribution is -3.00. The minimum atomic E-state index is -0.495. The monoisotopic (exact) mass is 377 g/mol. The third-order valence-electron chi connectivity index (χ3n) is 4.46. The summed E-state index contributed by atoms with van der Waals surface area (Å²) in [4.78, 5) is 4.68. The van der Waals surface area contributed by atoms with E-state index in [4.69, 9.17) is 9.47 Å². The maximum atomic E-state index is 10.2. The van der Waals surface area contributed by atoms with Crippen molar-refractivity contribution < 1.29 is 27.0 Å². The molecule has 2 aromatic rings. The predicted octanol–water partition coefficient (Wildman–Crippen LogP) is -0.739. The van der Waals surface area contributed by atoms with Crippen LogP contribution in [0.1, 0.15) is 0 Å². The van der Waals surface area contributed by atoms with Crippen LogP contribution in [-0.2, 0) is 0 Å². The minimum Gasteiger partial charge on any atom is -1.00 e. The number of ether oxygens (including phenoxy) is 2. The van der Waals surface area contributed by atoms with Gasteiger partial charge in [0.05, 0.1) is 7.11 Å². The van der Waals surface area contributed by atoms with Crippen molar-refractivity contribution in [2.45, 2.75) is 6.10 Å². The Morgan fingerprint density at radius 2 is 1.54 bits per heavy atom. The molecule has 26 heavy (non-hydrogen) atoms. The van der Waals surface area contributed by atoms with Gasteiger partial charge < -0.3 is 31.9 Å². The fraction of sp³-hybridized carbons (Fsp3) is 0.400. The molecule has 1 unspecified atom stereocenters. The minimum absolute atomic E-state index is 0. The average Bonchev–Trinajstić information content (AvgIpc) is 2.68. The van der Waals surface area contributed by atoms with Crippen LogP contribution < -0.4 is 26.8 Å². The van der Waals surface area contributed by atoms with Gasteiger partial charge in [-0.25, -0.2) is 0 Å². The molecule has 0 aromatic heterocycles. The first-order chi connectivity index (χ1) is 12.2. The molecule has 5 nitrogen and oxygen atoms in total. The fourth-order valence-corrected chi connectivity index (χ4v) is 3.04. The number of anilines is 1. The number of halogens is 1. The SMILES string of the molecule is COc1ccc(OCC(O)CN2CCN(c3ccccc3)CC2)cc1.[Cl-]. The Morgan fingerprint density at radius 3 is 2.15 bits per heavy atom. The molecule has 1 aliphatic rings. The smallest absolute Gasteiger partial charge is 0.119 e. The number of para-hydroxylation sites is 1. The van der Waals surface area contributed by atoms with Crippen molar-refractivity contribution >= 4 is 5.69 Å². The molecule has 0 amide bonds. The molecule has 0 radical (unpaired) electrons. The summed E-state index contributed by atoms with van der Waals surface area (Å²) >= 11 is 0. The molecule has 6 heteroatoms. The summed E-state index contributed by atoms with van der Waals surface area (Å²) in [7, 11) is 1.64. The average molecular weight is 378 g/mol. The van der Waals surface area contributed by atoms with Gasteiger partial charge in [0.15, 0.2) is 0 Å². The topological polar surface area (TPSA) is 45.2 Å². The summed E-state index contributed by atoms with van der Waals surface area (Å²) in [6.45, 7) is 4.80. The van der Waals surface area contributed by atoms with Crippen LogP contribution in [0.4, 0.5) is 5.69 Å². The molecule has 1 heterocycles. The van der Waals surface area contributed by atoms with Crippen LogP contribution in [0.15, 0.2) is 54.6 Å². The Bertz CT molecular complexity index is 631. The van der Waals surface area contributed by atoms with Gasteiger partial charge in [-0.1, -0.05) is 18.2 Å². The Labute approximate surface area is 161 Å². The number of hydrogen-bond donors (Lipinski definition) is 1. The zero-order valence-electron chi connectivity index (χ0n) is 15.1.